The maximum absolute atomic E-state index is 5.33. The van der Waals surface area contributed by atoms with Crippen LogP contribution in [0.2, 0.25) is 0 Å². The Labute approximate surface area is 248 Å². The number of aromatic nitrogens is 5. The van der Waals surface area contributed by atoms with Crippen molar-refractivity contribution >= 4 is 21.9 Å². The van der Waals surface area contributed by atoms with Crippen LogP contribution in [0.15, 0.2) is 152 Å². The molecule has 202 valence electrons. The SMILES string of the molecule is c1ccc(-c2nc3ccccc3c3nc(-c4ccc(-c5cccc(-c6ccccn6)n5)cc4)n(-c4ccccc4)c23)cc1. The molecule has 43 heavy (non-hydrogen) atoms. The van der Waals surface area contributed by atoms with Crippen molar-refractivity contribution in [2.75, 3.05) is 0 Å². The number of nitrogens with zero attached hydrogens (tertiary/aromatic N) is 5. The summed E-state index contributed by atoms with van der Waals surface area (Å²) in [5, 5.41) is 1.03. The molecule has 4 heterocycles. The Bertz CT molecular complexity index is 2210. The second kappa shape index (κ2) is 10.5. The third-order valence-electron chi connectivity index (χ3n) is 7.67. The summed E-state index contributed by atoms with van der Waals surface area (Å²) in [6, 6.07) is 49.4. The summed E-state index contributed by atoms with van der Waals surface area (Å²) >= 11 is 0. The van der Waals surface area contributed by atoms with Crippen molar-refractivity contribution in [3.05, 3.63) is 152 Å². The first-order chi connectivity index (χ1) is 21.3. The average Bonchev–Trinajstić information content (AvgIpc) is 3.50. The van der Waals surface area contributed by atoms with E-state index < -0.39 is 0 Å². The molecule has 0 aliphatic heterocycles. The Morgan fingerprint density at radius 2 is 1.12 bits per heavy atom. The van der Waals surface area contributed by atoms with Crippen molar-refractivity contribution in [2.45, 2.75) is 0 Å². The molecule has 5 heteroatoms. The van der Waals surface area contributed by atoms with Crippen LogP contribution in [-0.2, 0) is 0 Å². The highest BCUT2D eigenvalue weighted by Gasteiger charge is 2.21. The van der Waals surface area contributed by atoms with Gasteiger partial charge >= 0.3 is 0 Å². The molecule has 0 saturated heterocycles. The molecule has 0 spiro atoms. The van der Waals surface area contributed by atoms with E-state index in [-0.39, 0.29) is 0 Å². The van der Waals surface area contributed by atoms with Crippen LogP contribution in [0.1, 0.15) is 0 Å². The van der Waals surface area contributed by atoms with Crippen LogP contribution in [0, 0.1) is 0 Å². The standard InChI is InChI=1S/C38H25N5/c1-3-12-27(13-4-1)35-37-36(30-16-7-8-17-32(30)41-35)42-38(43(37)29-14-5-2-6-15-29)28-23-21-26(22-24-28)31-19-11-20-34(40-31)33-18-9-10-25-39-33/h1-25H. The lowest BCUT2D eigenvalue weighted by Gasteiger charge is -2.13. The van der Waals surface area contributed by atoms with Crippen molar-refractivity contribution in [3.8, 4) is 51.0 Å². The summed E-state index contributed by atoms with van der Waals surface area (Å²) in [6.45, 7) is 0. The highest BCUT2D eigenvalue weighted by molar-refractivity contribution is 6.09. The van der Waals surface area contributed by atoms with Crippen molar-refractivity contribution in [1.29, 1.82) is 0 Å². The van der Waals surface area contributed by atoms with E-state index in [2.05, 4.69) is 94.5 Å². The first kappa shape index (κ1) is 24.8. The average molecular weight is 552 g/mol. The number of pyridine rings is 3. The first-order valence-corrected chi connectivity index (χ1v) is 14.2. The van der Waals surface area contributed by atoms with Gasteiger partial charge in [-0.05, 0) is 42.5 Å². The normalized spacial score (nSPS) is 11.3. The van der Waals surface area contributed by atoms with Gasteiger partial charge in [-0.15, -0.1) is 0 Å². The van der Waals surface area contributed by atoms with Gasteiger partial charge < -0.3 is 0 Å². The molecule has 4 aromatic carbocycles. The molecule has 0 aliphatic rings. The van der Waals surface area contributed by atoms with Gasteiger partial charge in [-0.1, -0.05) is 103 Å². The van der Waals surface area contributed by atoms with Crippen LogP contribution in [-0.4, -0.2) is 24.5 Å². The third kappa shape index (κ3) is 4.44. The molecular formula is C38H25N5. The topological polar surface area (TPSA) is 56.5 Å². The van der Waals surface area contributed by atoms with Gasteiger partial charge in [0.1, 0.15) is 16.9 Å². The molecular weight excluding hydrogens is 526 g/mol. The number of hydrogen-bond acceptors (Lipinski definition) is 4. The summed E-state index contributed by atoms with van der Waals surface area (Å²) in [5.74, 6) is 0.860. The Hall–Kier alpha value is -5.94. The van der Waals surface area contributed by atoms with Gasteiger partial charge in [-0.2, -0.15) is 0 Å². The lowest BCUT2D eigenvalue weighted by Crippen LogP contribution is -2.00. The van der Waals surface area contributed by atoms with Gasteiger partial charge in [0.2, 0.25) is 0 Å². The monoisotopic (exact) mass is 551 g/mol. The van der Waals surface area contributed by atoms with Gasteiger partial charge in [-0.3, -0.25) is 9.55 Å². The second-order valence-corrected chi connectivity index (χ2v) is 10.3. The van der Waals surface area contributed by atoms with E-state index in [4.69, 9.17) is 15.0 Å². The van der Waals surface area contributed by atoms with Gasteiger partial charge in [0, 0.05) is 34.0 Å². The molecule has 0 saturated carbocycles. The fourth-order valence-electron chi connectivity index (χ4n) is 5.63. The second-order valence-electron chi connectivity index (χ2n) is 10.3. The number of benzene rings is 4. The number of para-hydroxylation sites is 2. The molecule has 0 amide bonds. The first-order valence-electron chi connectivity index (χ1n) is 14.2. The highest BCUT2D eigenvalue weighted by atomic mass is 15.1. The zero-order chi connectivity index (χ0) is 28.6. The molecule has 0 radical (unpaired) electrons. The van der Waals surface area contributed by atoms with E-state index in [9.17, 15) is 0 Å². The lowest BCUT2D eigenvalue weighted by atomic mass is 10.1. The maximum atomic E-state index is 5.33. The van der Waals surface area contributed by atoms with Crippen molar-refractivity contribution in [2.24, 2.45) is 0 Å². The minimum atomic E-state index is 0.848. The predicted octanol–water partition coefficient (Wildman–Crippen LogP) is 9.03. The summed E-state index contributed by atoms with van der Waals surface area (Å²) in [5.41, 5.74) is 10.5. The zero-order valence-corrected chi connectivity index (χ0v) is 23.2. The number of fused-ring (bicyclic) bond motifs is 3. The molecule has 0 fully saturated rings. The Kier molecular flexibility index (Phi) is 6.05. The number of imidazole rings is 1. The molecule has 0 aliphatic carbocycles. The third-order valence-corrected chi connectivity index (χ3v) is 7.67. The van der Waals surface area contributed by atoms with E-state index in [1.807, 2.05) is 60.7 Å². The summed E-state index contributed by atoms with van der Waals surface area (Å²) in [7, 11) is 0. The molecule has 8 aromatic rings. The van der Waals surface area contributed by atoms with E-state index in [0.717, 1.165) is 72.9 Å². The molecule has 0 atom stereocenters. The molecule has 0 bridgehead atoms. The maximum Gasteiger partial charge on any atom is 0.145 e. The van der Waals surface area contributed by atoms with Crippen LogP contribution >= 0.6 is 0 Å². The largest absolute Gasteiger partial charge is 0.290 e. The predicted molar refractivity (Wildman–Crippen MR) is 174 cm³/mol. The molecule has 4 aromatic heterocycles. The van der Waals surface area contributed by atoms with Crippen LogP contribution in [0.4, 0.5) is 0 Å². The van der Waals surface area contributed by atoms with Crippen LogP contribution < -0.4 is 0 Å². The smallest absolute Gasteiger partial charge is 0.145 e. The van der Waals surface area contributed by atoms with Crippen molar-refractivity contribution in [1.82, 2.24) is 24.5 Å². The molecule has 5 nitrogen and oxygen atoms in total. The molecule has 0 unspecified atom stereocenters. The van der Waals surface area contributed by atoms with Crippen molar-refractivity contribution < 1.29 is 0 Å². The summed E-state index contributed by atoms with van der Waals surface area (Å²) in [4.78, 5) is 19.9. The Morgan fingerprint density at radius 3 is 1.91 bits per heavy atom. The van der Waals surface area contributed by atoms with Crippen LogP contribution in [0.5, 0.6) is 0 Å². The summed E-state index contributed by atoms with van der Waals surface area (Å²) < 4.78 is 2.24. The van der Waals surface area contributed by atoms with E-state index in [0.29, 0.717) is 0 Å². The highest BCUT2D eigenvalue weighted by Crippen LogP contribution is 2.38. The fraction of sp³-hybridized carbons (Fsp3) is 0. The van der Waals surface area contributed by atoms with Crippen LogP contribution in [0.25, 0.3) is 72.9 Å². The van der Waals surface area contributed by atoms with E-state index in [1.54, 1.807) is 6.20 Å². The summed E-state index contributed by atoms with van der Waals surface area (Å²) in [6.07, 6.45) is 1.79. The van der Waals surface area contributed by atoms with Gasteiger partial charge in [0.15, 0.2) is 0 Å². The molecule has 8 rings (SSSR count). The minimum Gasteiger partial charge on any atom is -0.290 e. The van der Waals surface area contributed by atoms with E-state index in [1.165, 1.54) is 0 Å². The fourth-order valence-corrected chi connectivity index (χ4v) is 5.63. The Morgan fingerprint density at radius 1 is 0.442 bits per heavy atom. The van der Waals surface area contributed by atoms with Gasteiger partial charge in [0.05, 0.1) is 28.3 Å². The zero-order valence-electron chi connectivity index (χ0n) is 23.2. The minimum absolute atomic E-state index is 0.848. The lowest BCUT2D eigenvalue weighted by molar-refractivity contribution is 1.10. The van der Waals surface area contributed by atoms with E-state index >= 15 is 0 Å². The van der Waals surface area contributed by atoms with Crippen LogP contribution in [0.3, 0.4) is 0 Å². The molecule has 0 N–H and O–H groups in total. The van der Waals surface area contributed by atoms with Gasteiger partial charge in [-0.25, -0.2) is 15.0 Å². The quantitative estimate of drug-likeness (QED) is 0.214. The number of hydrogen-bond donors (Lipinski definition) is 0. The Balaban J connectivity index is 1.33. The number of rotatable bonds is 5. The van der Waals surface area contributed by atoms with Crippen molar-refractivity contribution in [3.63, 3.8) is 0 Å². The van der Waals surface area contributed by atoms with Gasteiger partial charge in [0.25, 0.3) is 0 Å².